The van der Waals surface area contributed by atoms with Crippen LogP contribution < -0.4 is 5.32 Å². The highest BCUT2D eigenvalue weighted by Crippen LogP contribution is 2.27. The molecule has 1 N–H and O–H groups in total. The Hall–Kier alpha value is -1.86. The Kier molecular flexibility index (Phi) is 4.34. The molecule has 1 amide bonds. The molecule has 1 aliphatic heterocycles. The number of likely N-dealkylation sites (tertiary alicyclic amines) is 1. The molecule has 0 bridgehead atoms. The van der Waals surface area contributed by atoms with E-state index in [0.717, 1.165) is 12.5 Å². The highest BCUT2D eigenvalue weighted by atomic mass is 19.4. The Morgan fingerprint density at radius 1 is 1.38 bits per heavy atom. The summed E-state index contributed by atoms with van der Waals surface area (Å²) >= 11 is 0. The molecule has 1 aromatic heterocycles. The minimum atomic E-state index is -4.49. The highest BCUT2D eigenvalue weighted by molar-refractivity contribution is 5.78. The smallest absolute Gasteiger partial charge is 0.364 e. The molecule has 0 spiro atoms. The predicted molar refractivity (Wildman–Crippen MR) is 70.5 cm³/mol. The summed E-state index contributed by atoms with van der Waals surface area (Å²) in [5.41, 5.74) is -1.02. The molecule has 1 fully saturated rings. The number of nitrogens with zero attached hydrogens (tertiary/aromatic N) is 3. The summed E-state index contributed by atoms with van der Waals surface area (Å²) in [6.07, 6.45) is -3.75. The van der Waals surface area contributed by atoms with E-state index < -0.39 is 11.9 Å². The maximum Gasteiger partial charge on any atom is 0.435 e. The second-order valence-corrected chi connectivity index (χ2v) is 5.37. The molecule has 5 nitrogen and oxygen atoms in total. The van der Waals surface area contributed by atoms with Crippen LogP contribution in [0.4, 0.5) is 19.0 Å². The lowest BCUT2D eigenvalue weighted by atomic mass is 10.2. The summed E-state index contributed by atoms with van der Waals surface area (Å²) in [6, 6.07) is 2.13. The van der Waals surface area contributed by atoms with E-state index in [9.17, 15) is 18.0 Å². The second kappa shape index (κ2) is 5.87. The van der Waals surface area contributed by atoms with Gasteiger partial charge in [-0.05, 0) is 18.6 Å². The van der Waals surface area contributed by atoms with E-state index in [4.69, 9.17) is 0 Å². The standard InChI is InChI=1S/C13H17F3N4O/c1-8(2)12(21)20-6-5-9(7-20)17-11-4-3-10(18-19-11)13(14,15)16/h3-4,8-9H,5-7H2,1-2H3,(H,17,19). The first-order valence-electron chi connectivity index (χ1n) is 6.73. The van der Waals surface area contributed by atoms with Gasteiger partial charge in [0.05, 0.1) is 0 Å². The van der Waals surface area contributed by atoms with E-state index in [-0.39, 0.29) is 23.7 Å². The van der Waals surface area contributed by atoms with E-state index in [1.807, 2.05) is 13.8 Å². The number of carbonyl (C=O) groups excluding carboxylic acids is 1. The van der Waals surface area contributed by atoms with Gasteiger partial charge in [0.25, 0.3) is 0 Å². The zero-order valence-electron chi connectivity index (χ0n) is 11.8. The van der Waals surface area contributed by atoms with Crippen molar-refractivity contribution in [1.29, 1.82) is 0 Å². The first-order valence-corrected chi connectivity index (χ1v) is 6.73. The maximum atomic E-state index is 12.4. The molecule has 0 saturated carbocycles. The number of amides is 1. The van der Waals surface area contributed by atoms with Crippen LogP contribution in [0.2, 0.25) is 0 Å². The predicted octanol–water partition coefficient (Wildman–Crippen LogP) is 2.16. The molecule has 1 saturated heterocycles. The average Bonchev–Trinajstić information content (AvgIpc) is 2.85. The zero-order chi connectivity index (χ0) is 15.6. The Morgan fingerprint density at radius 3 is 2.62 bits per heavy atom. The van der Waals surface area contributed by atoms with Crippen LogP contribution in [0.1, 0.15) is 26.0 Å². The van der Waals surface area contributed by atoms with Gasteiger partial charge < -0.3 is 10.2 Å². The molecular weight excluding hydrogens is 285 g/mol. The van der Waals surface area contributed by atoms with Crippen molar-refractivity contribution >= 4 is 11.7 Å². The fraction of sp³-hybridized carbons (Fsp3) is 0.615. The van der Waals surface area contributed by atoms with E-state index in [0.29, 0.717) is 13.1 Å². The van der Waals surface area contributed by atoms with Crippen molar-refractivity contribution < 1.29 is 18.0 Å². The van der Waals surface area contributed by atoms with Gasteiger partial charge in [-0.1, -0.05) is 13.8 Å². The number of halogens is 3. The van der Waals surface area contributed by atoms with Crippen molar-refractivity contribution in [1.82, 2.24) is 15.1 Å². The fourth-order valence-electron chi connectivity index (χ4n) is 2.21. The molecule has 0 radical (unpaired) electrons. The lowest BCUT2D eigenvalue weighted by molar-refractivity contribution is -0.141. The molecule has 116 valence electrons. The van der Waals surface area contributed by atoms with Crippen LogP contribution in [-0.2, 0) is 11.0 Å². The molecule has 1 atom stereocenters. The molecule has 0 aromatic carbocycles. The van der Waals surface area contributed by atoms with Crippen molar-refractivity contribution in [2.45, 2.75) is 32.5 Å². The van der Waals surface area contributed by atoms with Gasteiger partial charge in [0.15, 0.2) is 5.69 Å². The van der Waals surface area contributed by atoms with E-state index in [1.54, 1.807) is 4.90 Å². The van der Waals surface area contributed by atoms with E-state index in [2.05, 4.69) is 15.5 Å². The lowest BCUT2D eigenvalue weighted by Gasteiger charge is -2.19. The summed E-state index contributed by atoms with van der Waals surface area (Å²) in [6.45, 7) is 4.84. The van der Waals surface area contributed by atoms with E-state index in [1.165, 1.54) is 6.07 Å². The molecule has 0 aliphatic carbocycles. The van der Waals surface area contributed by atoms with Crippen LogP contribution in [0.3, 0.4) is 0 Å². The van der Waals surface area contributed by atoms with Crippen LogP contribution in [0.15, 0.2) is 12.1 Å². The molecule has 1 aromatic rings. The van der Waals surface area contributed by atoms with Crippen molar-refractivity contribution in [2.75, 3.05) is 18.4 Å². The minimum absolute atomic E-state index is 0.0151. The Labute approximate surface area is 120 Å². The molecule has 2 rings (SSSR count). The molecule has 8 heteroatoms. The Morgan fingerprint density at radius 2 is 2.10 bits per heavy atom. The van der Waals surface area contributed by atoms with Crippen molar-refractivity contribution in [2.24, 2.45) is 5.92 Å². The average molecular weight is 302 g/mol. The monoisotopic (exact) mass is 302 g/mol. The number of nitrogens with one attached hydrogen (secondary N) is 1. The van der Waals surface area contributed by atoms with Gasteiger partial charge in [-0.2, -0.15) is 13.2 Å². The summed E-state index contributed by atoms with van der Waals surface area (Å²) < 4.78 is 37.1. The largest absolute Gasteiger partial charge is 0.435 e. The number of anilines is 1. The van der Waals surface area contributed by atoms with Gasteiger partial charge in [0.1, 0.15) is 5.82 Å². The third kappa shape index (κ3) is 3.83. The number of rotatable bonds is 3. The van der Waals surface area contributed by atoms with Crippen molar-refractivity contribution in [3.8, 4) is 0 Å². The quantitative estimate of drug-likeness (QED) is 0.929. The van der Waals surface area contributed by atoms with Gasteiger partial charge in [-0.25, -0.2) is 0 Å². The summed E-state index contributed by atoms with van der Waals surface area (Å²) in [5, 5.41) is 9.69. The van der Waals surface area contributed by atoms with Gasteiger partial charge in [-0.3, -0.25) is 4.79 Å². The number of aromatic nitrogens is 2. The van der Waals surface area contributed by atoms with Gasteiger partial charge in [-0.15, -0.1) is 10.2 Å². The number of hydrogen-bond donors (Lipinski definition) is 1. The zero-order valence-corrected chi connectivity index (χ0v) is 11.8. The topological polar surface area (TPSA) is 58.1 Å². The summed E-state index contributed by atoms with van der Waals surface area (Å²) in [7, 11) is 0. The molecular formula is C13H17F3N4O. The Balaban J connectivity index is 1.93. The minimum Gasteiger partial charge on any atom is -0.364 e. The van der Waals surface area contributed by atoms with Gasteiger partial charge in [0, 0.05) is 25.0 Å². The normalized spacial score (nSPS) is 19.1. The summed E-state index contributed by atoms with van der Waals surface area (Å²) in [4.78, 5) is 13.6. The number of alkyl halides is 3. The summed E-state index contributed by atoms with van der Waals surface area (Å²) in [5.74, 6) is 0.305. The first-order chi connectivity index (χ1) is 9.77. The molecule has 2 heterocycles. The Bertz CT molecular complexity index is 501. The van der Waals surface area contributed by atoms with Crippen LogP contribution >= 0.6 is 0 Å². The highest BCUT2D eigenvalue weighted by Gasteiger charge is 2.33. The van der Waals surface area contributed by atoms with Crippen LogP contribution in [0, 0.1) is 5.92 Å². The van der Waals surface area contributed by atoms with Gasteiger partial charge >= 0.3 is 6.18 Å². The lowest BCUT2D eigenvalue weighted by Crippen LogP contribution is -2.34. The van der Waals surface area contributed by atoms with Crippen LogP contribution in [0.5, 0.6) is 0 Å². The van der Waals surface area contributed by atoms with E-state index >= 15 is 0 Å². The third-order valence-electron chi connectivity index (χ3n) is 3.30. The van der Waals surface area contributed by atoms with Gasteiger partial charge in [0.2, 0.25) is 5.91 Å². The third-order valence-corrected chi connectivity index (χ3v) is 3.30. The van der Waals surface area contributed by atoms with Crippen molar-refractivity contribution in [3.63, 3.8) is 0 Å². The second-order valence-electron chi connectivity index (χ2n) is 5.37. The van der Waals surface area contributed by atoms with Crippen LogP contribution in [0.25, 0.3) is 0 Å². The van der Waals surface area contributed by atoms with Crippen molar-refractivity contribution in [3.05, 3.63) is 17.8 Å². The fourth-order valence-corrected chi connectivity index (χ4v) is 2.21. The number of hydrogen-bond acceptors (Lipinski definition) is 4. The maximum absolute atomic E-state index is 12.4. The number of carbonyl (C=O) groups is 1. The van der Waals surface area contributed by atoms with Crippen LogP contribution in [-0.4, -0.2) is 40.1 Å². The molecule has 1 aliphatic rings. The molecule has 21 heavy (non-hydrogen) atoms. The first kappa shape index (κ1) is 15.5. The SMILES string of the molecule is CC(C)C(=O)N1CCC(Nc2ccc(C(F)(F)F)nn2)C1. The molecule has 1 unspecified atom stereocenters.